The van der Waals surface area contributed by atoms with Crippen LogP contribution in [-0.4, -0.2) is 12.2 Å². The van der Waals surface area contributed by atoms with Crippen LogP contribution in [0.25, 0.3) is 0 Å². The zero-order valence-corrected chi connectivity index (χ0v) is 12.2. The van der Waals surface area contributed by atoms with Crippen LogP contribution in [0.5, 0.6) is 11.5 Å². The second-order valence-electron chi connectivity index (χ2n) is 4.35. The fourth-order valence-corrected chi connectivity index (χ4v) is 2.09. The maximum atomic E-state index is 9.30. The SMILES string of the molecule is COc1cc(COc2ccc(Cl)cc2CO)ccc1C#N. The molecule has 0 bridgehead atoms. The van der Waals surface area contributed by atoms with Crippen molar-refractivity contribution >= 4 is 11.6 Å². The van der Waals surface area contributed by atoms with Gasteiger partial charge in [-0.3, -0.25) is 0 Å². The van der Waals surface area contributed by atoms with Gasteiger partial charge >= 0.3 is 0 Å². The third kappa shape index (κ3) is 3.66. The molecule has 0 aliphatic rings. The van der Waals surface area contributed by atoms with Crippen LogP contribution < -0.4 is 9.47 Å². The number of halogens is 1. The minimum atomic E-state index is -0.146. The van der Waals surface area contributed by atoms with E-state index in [1.165, 1.54) is 7.11 Å². The third-order valence-corrected chi connectivity index (χ3v) is 3.21. The summed E-state index contributed by atoms with van der Waals surface area (Å²) in [6.45, 7) is 0.156. The van der Waals surface area contributed by atoms with Crippen molar-refractivity contribution in [1.29, 1.82) is 5.26 Å². The van der Waals surface area contributed by atoms with E-state index in [1.807, 2.05) is 0 Å². The second kappa shape index (κ2) is 6.98. The quantitative estimate of drug-likeness (QED) is 0.920. The van der Waals surface area contributed by atoms with Gasteiger partial charge < -0.3 is 14.6 Å². The smallest absolute Gasteiger partial charge is 0.137 e. The molecule has 4 nitrogen and oxygen atoms in total. The lowest BCUT2D eigenvalue weighted by molar-refractivity contribution is 0.259. The zero-order chi connectivity index (χ0) is 15.2. The van der Waals surface area contributed by atoms with Crippen molar-refractivity contribution in [3.8, 4) is 17.6 Å². The molecule has 0 aromatic heterocycles. The van der Waals surface area contributed by atoms with Gasteiger partial charge in [0.05, 0.1) is 19.3 Å². The highest BCUT2D eigenvalue weighted by Gasteiger charge is 2.07. The first kappa shape index (κ1) is 15.2. The molecule has 2 aromatic rings. The lowest BCUT2D eigenvalue weighted by atomic mass is 10.1. The predicted molar refractivity (Wildman–Crippen MR) is 79.4 cm³/mol. The number of hydrogen-bond acceptors (Lipinski definition) is 4. The fraction of sp³-hybridized carbons (Fsp3) is 0.188. The summed E-state index contributed by atoms with van der Waals surface area (Å²) < 4.78 is 10.8. The van der Waals surface area contributed by atoms with Gasteiger partial charge in [0.1, 0.15) is 24.2 Å². The molecule has 2 rings (SSSR count). The highest BCUT2D eigenvalue weighted by molar-refractivity contribution is 6.30. The minimum Gasteiger partial charge on any atom is -0.495 e. The standard InChI is InChI=1S/C16H14ClNO3/c1-20-16-6-11(2-3-12(16)8-18)10-21-15-5-4-14(17)7-13(15)9-19/h2-7,19H,9-10H2,1H3. The van der Waals surface area contributed by atoms with Crippen molar-refractivity contribution in [3.63, 3.8) is 0 Å². The Morgan fingerprint density at radius 2 is 2.00 bits per heavy atom. The largest absolute Gasteiger partial charge is 0.495 e. The van der Waals surface area contributed by atoms with Gasteiger partial charge in [0, 0.05) is 10.6 Å². The van der Waals surface area contributed by atoms with E-state index in [2.05, 4.69) is 6.07 Å². The Kier molecular flexibility index (Phi) is 5.04. The fourth-order valence-electron chi connectivity index (χ4n) is 1.89. The van der Waals surface area contributed by atoms with Gasteiger partial charge in [-0.25, -0.2) is 0 Å². The summed E-state index contributed by atoms with van der Waals surface area (Å²) in [5, 5.41) is 18.8. The van der Waals surface area contributed by atoms with Crippen molar-refractivity contribution in [1.82, 2.24) is 0 Å². The Bertz CT molecular complexity index is 680. The van der Waals surface area contributed by atoms with Crippen molar-refractivity contribution in [2.24, 2.45) is 0 Å². The van der Waals surface area contributed by atoms with Crippen molar-refractivity contribution in [2.45, 2.75) is 13.2 Å². The van der Waals surface area contributed by atoms with E-state index in [0.717, 1.165) is 5.56 Å². The Balaban J connectivity index is 2.15. The Morgan fingerprint density at radius 3 is 2.67 bits per heavy atom. The molecule has 0 saturated carbocycles. The normalized spacial score (nSPS) is 10.0. The molecule has 0 aliphatic heterocycles. The molecule has 0 spiro atoms. The Morgan fingerprint density at radius 1 is 1.19 bits per heavy atom. The predicted octanol–water partition coefficient (Wildman–Crippen LogP) is 3.29. The topological polar surface area (TPSA) is 62.5 Å². The summed E-state index contributed by atoms with van der Waals surface area (Å²) in [7, 11) is 1.52. The number of hydrogen-bond donors (Lipinski definition) is 1. The molecule has 1 N–H and O–H groups in total. The van der Waals surface area contributed by atoms with Crippen LogP contribution in [0.3, 0.4) is 0 Å². The van der Waals surface area contributed by atoms with Gasteiger partial charge in [-0.2, -0.15) is 5.26 Å². The molecule has 2 aromatic carbocycles. The number of ether oxygens (including phenoxy) is 2. The number of nitrogens with zero attached hydrogens (tertiary/aromatic N) is 1. The molecule has 0 fully saturated rings. The summed E-state index contributed by atoms with van der Waals surface area (Å²) in [4.78, 5) is 0. The van der Waals surface area contributed by atoms with E-state index in [1.54, 1.807) is 36.4 Å². The zero-order valence-electron chi connectivity index (χ0n) is 11.5. The van der Waals surface area contributed by atoms with Gasteiger partial charge in [-0.1, -0.05) is 17.7 Å². The molecule has 5 heteroatoms. The first-order valence-electron chi connectivity index (χ1n) is 6.27. The molecule has 0 unspecified atom stereocenters. The van der Waals surface area contributed by atoms with Crippen LogP contribution in [0, 0.1) is 11.3 Å². The van der Waals surface area contributed by atoms with E-state index < -0.39 is 0 Å². The molecule has 0 radical (unpaired) electrons. The highest BCUT2D eigenvalue weighted by atomic mass is 35.5. The van der Waals surface area contributed by atoms with Crippen LogP contribution in [0.1, 0.15) is 16.7 Å². The first-order valence-corrected chi connectivity index (χ1v) is 6.65. The van der Waals surface area contributed by atoms with E-state index in [-0.39, 0.29) is 6.61 Å². The van der Waals surface area contributed by atoms with Crippen LogP contribution in [-0.2, 0) is 13.2 Å². The Labute approximate surface area is 128 Å². The maximum Gasteiger partial charge on any atom is 0.137 e. The van der Waals surface area contributed by atoms with Crippen LogP contribution in [0.2, 0.25) is 5.02 Å². The minimum absolute atomic E-state index is 0.146. The number of nitriles is 1. The third-order valence-electron chi connectivity index (χ3n) is 2.97. The van der Waals surface area contributed by atoms with Crippen LogP contribution >= 0.6 is 11.6 Å². The molecule has 108 valence electrons. The first-order chi connectivity index (χ1) is 10.2. The molecular weight excluding hydrogens is 290 g/mol. The summed E-state index contributed by atoms with van der Waals surface area (Å²) in [5.41, 5.74) is 1.97. The van der Waals surface area contributed by atoms with E-state index in [4.69, 9.17) is 26.3 Å². The number of benzene rings is 2. The molecular formula is C16H14ClNO3. The monoisotopic (exact) mass is 303 g/mol. The average molecular weight is 304 g/mol. The second-order valence-corrected chi connectivity index (χ2v) is 4.78. The van der Waals surface area contributed by atoms with Crippen LogP contribution in [0.4, 0.5) is 0 Å². The molecule has 0 atom stereocenters. The van der Waals surface area contributed by atoms with Gasteiger partial charge in [0.2, 0.25) is 0 Å². The molecule has 0 saturated heterocycles. The summed E-state index contributed by atoms with van der Waals surface area (Å²) in [5.74, 6) is 1.09. The lowest BCUT2D eigenvalue weighted by Gasteiger charge is -2.11. The van der Waals surface area contributed by atoms with Crippen LogP contribution in [0.15, 0.2) is 36.4 Å². The lowest BCUT2D eigenvalue weighted by Crippen LogP contribution is -2.00. The van der Waals surface area contributed by atoms with Crippen molar-refractivity contribution in [2.75, 3.05) is 7.11 Å². The highest BCUT2D eigenvalue weighted by Crippen LogP contribution is 2.25. The number of methoxy groups -OCH3 is 1. The van der Waals surface area contributed by atoms with E-state index in [0.29, 0.717) is 34.3 Å². The van der Waals surface area contributed by atoms with E-state index in [9.17, 15) is 5.11 Å². The number of aliphatic hydroxyl groups is 1. The Hall–Kier alpha value is -2.22. The summed E-state index contributed by atoms with van der Waals surface area (Å²) >= 11 is 5.87. The van der Waals surface area contributed by atoms with Gasteiger partial charge in [-0.05, 0) is 35.9 Å². The molecule has 0 amide bonds. The maximum absolute atomic E-state index is 9.30. The number of aliphatic hydroxyl groups excluding tert-OH is 1. The van der Waals surface area contributed by atoms with Gasteiger partial charge in [0.15, 0.2) is 0 Å². The molecule has 0 aliphatic carbocycles. The summed E-state index contributed by atoms with van der Waals surface area (Å²) in [6.07, 6.45) is 0. The molecule has 21 heavy (non-hydrogen) atoms. The van der Waals surface area contributed by atoms with Gasteiger partial charge in [-0.15, -0.1) is 0 Å². The number of rotatable bonds is 5. The van der Waals surface area contributed by atoms with Crippen molar-refractivity contribution < 1.29 is 14.6 Å². The van der Waals surface area contributed by atoms with E-state index >= 15 is 0 Å². The van der Waals surface area contributed by atoms with Crippen molar-refractivity contribution in [3.05, 3.63) is 58.1 Å². The average Bonchev–Trinajstić information content (AvgIpc) is 2.53. The van der Waals surface area contributed by atoms with Gasteiger partial charge in [0.25, 0.3) is 0 Å². The summed E-state index contributed by atoms with van der Waals surface area (Å²) in [6, 6.07) is 12.4. The molecule has 0 heterocycles.